The Morgan fingerprint density at radius 3 is 2.62 bits per heavy atom. The smallest absolute Gasteiger partial charge is 0.410 e. The number of amides is 1. The van der Waals surface area contributed by atoms with Crippen molar-refractivity contribution in [2.75, 3.05) is 44.3 Å². The maximum Gasteiger partial charge on any atom is 0.410 e. The summed E-state index contributed by atoms with van der Waals surface area (Å²) in [4.78, 5) is 34.9. The summed E-state index contributed by atoms with van der Waals surface area (Å²) in [6, 6.07) is 1.51. The second-order valence-corrected chi connectivity index (χ2v) is 7.18. The summed E-state index contributed by atoms with van der Waals surface area (Å²) < 4.78 is 10.7. The van der Waals surface area contributed by atoms with E-state index in [0.29, 0.717) is 45.3 Å². The molecule has 0 unspecified atom stereocenters. The van der Waals surface area contributed by atoms with E-state index in [9.17, 15) is 9.59 Å². The van der Waals surface area contributed by atoms with Gasteiger partial charge in [-0.05, 0) is 20.8 Å². The Labute approximate surface area is 140 Å². The van der Waals surface area contributed by atoms with Gasteiger partial charge in [-0.3, -0.25) is 9.78 Å². The standard InChI is InChI=1S/C16H24N4O4/c1-16(2,3)24-15(22)20-9-11(10-20)12-8-13(21)18-14(17-12)19-4-6-23-7-5-19/h8,11H,4-7,9-10H2,1-3H3,(H,17,18,21). The average molecular weight is 336 g/mol. The number of H-pyrrole nitrogens is 1. The Kier molecular flexibility index (Phi) is 4.49. The Bertz CT molecular complexity index is 655. The molecule has 3 rings (SSSR count). The third-order valence-corrected chi connectivity index (χ3v) is 4.01. The number of aromatic nitrogens is 2. The van der Waals surface area contributed by atoms with Gasteiger partial charge in [-0.2, -0.15) is 0 Å². The van der Waals surface area contributed by atoms with Crippen molar-refractivity contribution < 1.29 is 14.3 Å². The molecule has 0 spiro atoms. The largest absolute Gasteiger partial charge is 0.444 e. The van der Waals surface area contributed by atoms with Crippen molar-refractivity contribution in [3.05, 3.63) is 22.1 Å². The fraction of sp³-hybridized carbons (Fsp3) is 0.688. The number of rotatable bonds is 2. The lowest BCUT2D eigenvalue weighted by atomic mass is 9.96. The van der Waals surface area contributed by atoms with Gasteiger partial charge in [0, 0.05) is 38.2 Å². The predicted octanol–water partition coefficient (Wildman–Crippen LogP) is 0.941. The third-order valence-electron chi connectivity index (χ3n) is 4.01. The molecule has 0 bridgehead atoms. The first-order valence-electron chi connectivity index (χ1n) is 8.24. The summed E-state index contributed by atoms with van der Waals surface area (Å²) in [6.07, 6.45) is -0.322. The lowest BCUT2D eigenvalue weighted by Crippen LogP contribution is -2.50. The zero-order valence-corrected chi connectivity index (χ0v) is 14.4. The number of anilines is 1. The predicted molar refractivity (Wildman–Crippen MR) is 88.4 cm³/mol. The third kappa shape index (κ3) is 3.87. The normalized spacial score (nSPS) is 19.1. The lowest BCUT2D eigenvalue weighted by Gasteiger charge is -2.39. The van der Waals surface area contributed by atoms with Gasteiger partial charge >= 0.3 is 6.09 Å². The van der Waals surface area contributed by atoms with Crippen LogP contribution in [0.3, 0.4) is 0 Å². The molecule has 2 aliphatic heterocycles. The minimum absolute atomic E-state index is 0.0691. The number of morpholine rings is 1. The van der Waals surface area contributed by atoms with E-state index in [-0.39, 0.29) is 17.6 Å². The molecule has 1 N–H and O–H groups in total. The van der Waals surface area contributed by atoms with E-state index in [1.165, 1.54) is 6.07 Å². The van der Waals surface area contributed by atoms with Crippen molar-refractivity contribution in [1.82, 2.24) is 14.9 Å². The fourth-order valence-corrected chi connectivity index (χ4v) is 2.74. The van der Waals surface area contributed by atoms with Crippen molar-refractivity contribution in [3.8, 4) is 0 Å². The quantitative estimate of drug-likeness (QED) is 0.865. The average Bonchev–Trinajstić information content (AvgIpc) is 2.44. The van der Waals surface area contributed by atoms with E-state index in [1.54, 1.807) is 4.90 Å². The van der Waals surface area contributed by atoms with Crippen molar-refractivity contribution >= 4 is 12.0 Å². The number of likely N-dealkylation sites (tertiary alicyclic amines) is 1. The van der Waals surface area contributed by atoms with Crippen LogP contribution in [0.2, 0.25) is 0 Å². The summed E-state index contributed by atoms with van der Waals surface area (Å²) in [5.74, 6) is 0.649. The molecule has 3 heterocycles. The van der Waals surface area contributed by atoms with Crippen LogP contribution in [0.25, 0.3) is 0 Å². The van der Waals surface area contributed by atoms with Gasteiger partial charge in [-0.15, -0.1) is 0 Å². The van der Waals surface area contributed by atoms with E-state index < -0.39 is 5.60 Å². The molecule has 0 aromatic carbocycles. The molecular formula is C16H24N4O4. The topological polar surface area (TPSA) is 87.8 Å². The van der Waals surface area contributed by atoms with Crippen molar-refractivity contribution in [2.45, 2.75) is 32.3 Å². The molecule has 24 heavy (non-hydrogen) atoms. The summed E-state index contributed by atoms with van der Waals surface area (Å²) in [5.41, 5.74) is 0.0469. The number of carbonyl (C=O) groups is 1. The molecule has 2 aliphatic rings. The molecular weight excluding hydrogens is 312 g/mol. The van der Waals surface area contributed by atoms with Crippen molar-refractivity contribution in [3.63, 3.8) is 0 Å². The molecule has 0 aliphatic carbocycles. The van der Waals surface area contributed by atoms with E-state index in [1.807, 2.05) is 25.7 Å². The van der Waals surface area contributed by atoms with Crippen molar-refractivity contribution in [1.29, 1.82) is 0 Å². The van der Waals surface area contributed by atoms with Crippen LogP contribution >= 0.6 is 0 Å². The van der Waals surface area contributed by atoms with Gasteiger partial charge in [-0.1, -0.05) is 0 Å². The van der Waals surface area contributed by atoms with Gasteiger partial charge in [-0.25, -0.2) is 9.78 Å². The highest BCUT2D eigenvalue weighted by atomic mass is 16.6. The Morgan fingerprint density at radius 1 is 1.33 bits per heavy atom. The van der Waals surface area contributed by atoms with Crippen LogP contribution in [0.4, 0.5) is 10.7 Å². The zero-order valence-electron chi connectivity index (χ0n) is 14.4. The maximum absolute atomic E-state index is 12.0. The molecule has 1 amide bonds. The number of nitrogens with zero attached hydrogens (tertiary/aromatic N) is 3. The SMILES string of the molecule is CC(C)(C)OC(=O)N1CC(c2cc(=O)[nH]c(N3CCOCC3)n2)C1. The molecule has 132 valence electrons. The highest BCUT2D eigenvalue weighted by molar-refractivity contribution is 5.69. The van der Waals surface area contributed by atoms with Crippen LogP contribution in [0.15, 0.2) is 10.9 Å². The summed E-state index contributed by atoms with van der Waals surface area (Å²) >= 11 is 0. The second-order valence-electron chi connectivity index (χ2n) is 7.18. The second kappa shape index (κ2) is 6.43. The van der Waals surface area contributed by atoms with Crippen molar-refractivity contribution in [2.24, 2.45) is 0 Å². The number of nitrogens with one attached hydrogen (secondary N) is 1. The van der Waals surface area contributed by atoms with E-state index in [0.717, 1.165) is 5.69 Å². The highest BCUT2D eigenvalue weighted by Gasteiger charge is 2.35. The first-order valence-corrected chi connectivity index (χ1v) is 8.24. The van der Waals surface area contributed by atoms with Crippen LogP contribution in [0.5, 0.6) is 0 Å². The van der Waals surface area contributed by atoms with Crippen LogP contribution in [0.1, 0.15) is 32.4 Å². The molecule has 0 radical (unpaired) electrons. The fourth-order valence-electron chi connectivity index (χ4n) is 2.74. The minimum atomic E-state index is -0.506. The molecule has 8 nitrogen and oxygen atoms in total. The number of carbonyl (C=O) groups excluding carboxylic acids is 1. The Hall–Kier alpha value is -2.09. The van der Waals surface area contributed by atoms with Gasteiger partial charge in [0.1, 0.15) is 5.60 Å². The Morgan fingerprint density at radius 2 is 2.00 bits per heavy atom. The molecule has 0 saturated carbocycles. The summed E-state index contributed by atoms with van der Waals surface area (Å²) in [5, 5.41) is 0. The van der Waals surface area contributed by atoms with E-state index in [4.69, 9.17) is 9.47 Å². The minimum Gasteiger partial charge on any atom is -0.444 e. The van der Waals surface area contributed by atoms with E-state index in [2.05, 4.69) is 9.97 Å². The number of ether oxygens (including phenoxy) is 2. The monoisotopic (exact) mass is 336 g/mol. The molecule has 0 atom stereocenters. The van der Waals surface area contributed by atoms with Gasteiger partial charge < -0.3 is 19.3 Å². The van der Waals surface area contributed by atoms with Crippen LogP contribution < -0.4 is 10.5 Å². The zero-order chi connectivity index (χ0) is 17.3. The maximum atomic E-state index is 12.0. The van der Waals surface area contributed by atoms with Crippen LogP contribution in [-0.2, 0) is 9.47 Å². The van der Waals surface area contributed by atoms with Gasteiger partial charge in [0.2, 0.25) is 5.95 Å². The van der Waals surface area contributed by atoms with Gasteiger partial charge in [0.25, 0.3) is 5.56 Å². The van der Waals surface area contributed by atoms with Crippen LogP contribution in [0, 0.1) is 0 Å². The van der Waals surface area contributed by atoms with Gasteiger partial charge in [0.15, 0.2) is 0 Å². The van der Waals surface area contributed by atoms with Crippen LogP contribution in [-0.4, -0.2) is 66.0 Å². The molecule has 8 heteroatoms. The summed E-state index contributed by atoms with van der Waals surface area (Å²) in [7, 11) is 0. The van der Waals surface area contributed by atoms with E-state index >= 15 is 0 Å². The Balaban J connectivity index is 1.65. The molecule has 2 saturated heterocycles. The molecule has 1 aromatic rings. The lowest BCUT2D eigenvalue weighted by molar-refractivity contribution is 0.00786. The number of hydrogen-bond acceptors (Lipinski definition) is 6. The first-order chi connectivity index (χ1) is 11.3. The number of hydrogen-bond donors (Lipinski definition) is 1. The highest BCUT2D eigenvalue weighted by Crippen LogP contribution is 2.27. The molecule has 2 fully saturated rings. The first kappa shape index (κ1) is 16.8. The van der Waals surface area contributed by atoms with Gasteiger partial charge in [0.05, 0.1) is 18.9 Å². The summed E-state index contributed by atoms with van der Waals surface area (Å²) in [6.45, 7) is 9.25. The molecule has 1 aromatic heterocycles. The number of aromatic amines is 1.